The second-order valence-electron chi connectivity index (χ2n) is 8.56. The van der Waals surface area contributed by atoms with E-state index in [2.05, 4.69) is 20.6 Å². The Hall–Kier alpha value is -3.67. The van der Waals surface area contributed by atoms with E-state index in [4.69, 9.17) is 15.2 Å². The molecule has 1 aromatic heterocycles. The van der Waals surface area contributed by atoms with Crippen LogP contribution >= 0.6 is 11.3 Å². The first-order valence-electron chi connectivity index (χ1n) is 11.8. The normalized spacial score (nSPS) is 18.6. The maximum atomic E-state index is 14.2. The van der Waals surface area contributed by atoms with Crippen molar-refractivity contribution < 1.29 is 25.9 Å². The number of nitrogens with two attached hydrogens (primary N) is 1. The molecule has 196 valence electrons. The molecule has 4 N–H and O–H groups in total. The Balaban J connectivity index is 0.00000210. The summed E-state index contributed by atoms with van der Waals surface area (Å²) in [4.78, 5) is 22.7. The van der Waals surface area contributed by atoms with Crippen molar-refractivity contribution in [1.29, 1.82) is 0 Å². The van der Waals surface area contributed by atoms with Crippen LogP contribution in [0.5, 0.6) is 5.75 Å². The summed E-state index contributed by atoms with van der Waals surface area (Å²) >= 11 is 1.41. The average molecular weight is 530 g/mol. The van der Waals surface area contributed by atoms with Crippen LogP contribution in [0.1, 0.15) is 30.6 Å². The Morgan fingerprint density at radius 1 is 1.24 bits per heavy atom. The van der Waals surface area contributed by atoms with Crippen LogP contribution in [0.25, 0.3) is 10.4 Å². The van der Waals surface area contributed by atoms with E-state index in [9.17, 15) is 13.6 Å². The molecule has 2 atom stereocenters. The lowest BCUT2D eigenvalue weighted by molar-refractivity contribution is 0.0953. The van der Waals surface area contributed by atoms with Crippen molar-refractivity contribution in [2.75, 3.05) is 19.7 Å². The number of benzene rings is 2. The Labute approximate surface area is 219 Å². The van der Waals surface area contributed by atoms with Crippen molar-refractivity contribution >= 4 is 35.1 Å². The van der Waals surface area contributed by atoms with E-state index in [1.165, 1.54) is 17.4 Å². The van der Waals surface area contributed by atoms with Crippen LogP contribution in [0, 0.1) is 11.6 Å². The quantitative estimate of drug-likeness (QED) is 0.183. The van der Waals surface area contributed by atoms with E-state index in [0.717, 1.165) is 34.5 Å². The summed E-state index contributed by atoms with van der Waals surface area (Å²) in [6, 6.07) is 10.4. The molecule has 0 spiro atoms. The third-order valence-corrected chi connectivity index (χ3v) is 7.15. The maximum Gasteiger partial charge on any atom is 0.251 e. The van der Waals surface area contributed by atoms with Gasteiger partial charge in [-0.3, -0.25) is 10.1 Å². The van der Waals surface area contributed by atoms with Gasteiger partial charge >= 0.3 is 0 Å². The molecule has 5 rings (SSSR count). The lowest BCUT2D eigenvalue weighted by Gasteiger charge is -2.10. The first-order valence-corrected chi connectivity index (χ1v) is 12.6. The summed E-state index contributed by atoms with van der Waals surface area (Å²) in [5, 5.41) is 6.09. The molecular formula is C26H29F2N5O3S. The number of rotatable bonds is 7. The molecule has 0 bridgehead atoms. The molecule has 1 amide bonds. The summed E-state index contributed by atoms with van der Waals surface area (Å²) in [7, 11) is 0. The zero-order valence-corrected chi connectivity index (χ0v) is 20.8. The highest BCUT2D eigenvalue weighted by atomic mass is 32.1. The van der Waals surface area contributed by atoms with Crippen LogP contribution in [0.4, 0.5) is 14.5 Å². The number of carbonyl (C=O) groups excluding carboxylic acids is 1. The third-order valence-electron chi connectivity index (χ3n) is 5.95. The molecule has 2 aromatic carbocycles. The zero-order chi connectivity index (χ0) is 25.9. The number of aliphatic imine (C=N–C) groups is 2. The summed E-state index contributed by atoms with van der Waals surface area (Å²) in [6.07, 6.45) is 1.99. The summed E-state index contributed by atoms with van der Waals surface area (Å²) in [5.74, 6) is -0.861. The predicted octanol–water partition coefficient (Wildman–Crippen LogP) is 4.25. The second kappa shape index (κ2) is 10.8. The first-order chi connectivity index (χ1) is 17.9. The molecule has 2 aliphatic rings. The van der Waals surface area contributed by atoms with Gasteiger partial charge in [0.15, 0.2) is 11.7 Å². The van der Waals surface area contributed by atoms with Gasteiger partial charge in [0.1, 0.15) is 23.5 Å². The zero-order valence-electron chi connectivity index (χ0n) is 20.0. The summed E-state index contributed by atoms with van der Waals surface area (Å²) in [6.45, 7) is 3.49. The Kier molecular flexibility index (Phi) is 7.26. The summed E-state index contributed by atoms with van der Waals surface area (Å²) < 4.78 is 38.8. The smallest absolute Gasteiger partial charge is 0.251 e. The van der Waals surface area contributed by atoms with E-state index in [-0.39, 0.29) is 32.6 Å². The van der Waals surface area contributed by atoms with Crippen molar-refractivity contribution in [3.63, 3.8) is 0 Å². The number of amidine groups is 1. The van der Waals surface area contributed by atoms with Crippen molar-refractivity contribution in [2.45, 2.75) is 25.7 Å². The maximum absolute atomic E-state index is 14.2. The van der Waals surface area contributed by atoms with Crippen molar-refractivity contribution in [1.82, 2.24) is 10.6 Å². The van der Waals surface area contributed by atoms with Crippen molar-refractivity contribution in [3.8, 4) is 16.2 Å². The Morgan fingerprint density at radius 3 is 2.84 bits per heavy atom. The molecule has 37 heavy (non-hydrogen) atoms. The largest absolute Gasteiger partial charge is 0.493 e. The van der Waals surface area contributed by atoms with E-state index in [0.29, 0.717) is 42.3 Å². The minimum atomic E-state index is -0.793. The Bertz CT molecular complexity index is 1400. The third kappa shape index (κ3) is 5.68. The second-order valence-corrected chi connectivity index (χ2v) is 9.61. The van der Waals surface area contributed by atoms with Gasteiger partial charge < -0.3 is 20.5 Å². The fourth-order valence-electron chi connectivity index (χ4n) is 3.99. The van der Waals surface area contributed by atoms with Gasteiger partial charge in [-0.1, -0.05) is 0 Å². The fourth-order valence-corrected chi connectivity index (χ4v) is 5.17. The monoisotopic (exact) mass is 529 g/mol. The van der Waals surface area contributed by atoms with E-state index < -0.39 is 11.6 Å². The molecule has 1 fully saturated rings. The number of amides is 1. The molecule has 0 aliphatic carbocycles. The van der Waals surface area contributed by atoms with E-state index in [1.54, 1.807) is 12.1 Å². The number of hydrogen-bond donors (Lipinski definition) is 3. The number of nitrogens with one attached hydrogen (secondary N) is 2. The summed E-state index contributed by atoms with van der Waals surface area (Å²) in [5.41, 5.74) is 7.83. The van der Waals surface area contributed by atoms with Crippen LogP contribution in [-0.2, 0) is 11.2 Å². The minimum absolute atomic E-state index is 0. The highest BCUT2D eigenvalue weighted by Crippen LogP contribution is 2.41. The van der Waals surface area contributed by atoms with Crippen molar-refractivity contribution in [2.24, 2.45) is 15.7 Å². The molecule has 2 unspecified atom stereocenters. The van der Waals surface area contributed by atoms with Gasteiger partial charge in [0.25, 0.3) is 5.91 Å². The van der Waals surface area contributed by atoms with Crippen LogP contribution in [-0.4, -0.2) is 50.1 Å². The number of thiophene rings is 1. The van der Waals surface area contributed by atoms with Crippen LogP contribution in [0.3, 0.4) is 0 Å². The molecule has 2 aliphatic heterocycles. The molecule has 1 saturated heterocycles. The molecule has 0 radical (unpaired) electrons. The predicted molar refractivity (Wildman–Crippen MR) is 143 cm³/mol. The number of nitrogens with zero attached hydrogens (tertiary/aromatic N) is 2. The molecule has 11 heteroatoms. The standard InChI is InChI=1S/C26H25F2N5O3S.2H2/c1-14-26(36-14)31-8-7-30-25(34)16-2-4-18-21(10-16)35-9-6-15-11-22(37-23(15)18)24(32-13-29)33-20-5-3-17(27)12-19(20)28;;/h2-5,10-14,26,31H,6-9H2,1H3,(H,30,34)(H2,29,32,33);2*1H. The van der Waals surface area contributed by atoms with E-state index in [1.807, 2.05) is 19.1 Å². The number of halogens is 2. The molecule has 8 nitrogen and oxygen atoms in total. The number of epoxide rings is 1. The van der Waals surface area contributed by atoms with Gasteiger partial charge in [-0.15, -0.1) is 11.3 Å². The van der Waals surface area contributed by atoms with Gasteiger partial charge in [0.05, 0.1) is 23.9 Å². The first kappa shape index (κ1) is 25.0. The number of ether oxygens (including phenoxy) is 2. The lowest BCUT2D eigenvalue weighted by atomic mass is 10.0. The van der Waals surface area contributed by atoms with Crippen LogP contribution < -0.4 is 21.1 Å². The topological polar surface area (TPSA) is 114 Å². The minimum Gasteiger partial charge on any atom is -0.493 e. The molecule has 3 aromatic rings. The fraction of sp³-hybridized carbons (Fsp3) is 0.269. The average Bonchev–Trinajstić information content (AvgIpc) is 3.48. The van der Waals surface area contributed by atoms with Crippen molar-refractivity contribution in [3.05, 3.63) is 70.1 Å². The van der Waals surface area contributed by atoms with Crippen LogP contribution in [0.15, 0.2) is 52.4 Å². The molecule has 3 heterocycles. The Morgan fingerprint density at radius 2 is 2.08 bits per heavy atom. The highest BCUT2D eigenvalue weighted by Gasteiger charge is 2.33. The highest BCUT2D eigenvalue weighted by molar-refractivity contribution is 7.17. The molecular weight excluding hydrogens is 500 g/mol. The number of carbonyl (C=O) groups is 1. The van der Waals surface area contributed by atoms with Gasteiger partial charge in [0, 0.05) is 44.4 Å². The van der Waals surface area contributed by atoms with Gasteiger partial charge in [-0.25, -0.2) is 18.8 Å². The van der Waals surface area contributed by atoms with E-state index >= 15 is 0 Å². The van der Waals surface area contributed by atoms with Crippen LogP contribution in [0.2, 0.25) is 0 Å². The lowest BCUT2D eigenvalue weighted by Crippen LogP contribution is -2.33. The number of hydrogen-bond acceptors (Lipinski definition) is 6. The van der Waals surface area contributed by atoms with Gasteiger partial charge in [-0.2, -0.15) is 0 Å². The SMILES string of the molecule is CC1OC1NCCNC(=O)c1ccc2c(c1)OCCc1cc(C(N=CN)=Nc3ccc(F)cc3F)sc1-2.[HH].[HH]. The van der Waals surface area contributed by atoms with Gasteiger partial charge in [-0.05, 0) is 48.9 Å². The molecule has 0 saturated carbocycles. The van der Waals surface area contributed by atoms with Gasteiger partial charge in [0.2, 0.25) is 0 Å². The number of fused-ring (bicyclic) bond motifs is 3.